The molecule has 0 aliphatic carbocycles. The van der Waals surface area contributed by atoms with Gasteiger partial charge in [0.15, 0.2) is 5.78 Å². The second-order valence-corrected chi connectivity index (χ2v) is 7.41. The summed E-state index contributed by atoms with van der Waals surface area (Å²) >= 11 is 0. The van der Waals surface area contributed by atoms with Crippen molar-refractivity contribution >= 4 is 5.78 Å². The lowest BCUT2D eigenvalue weighted by Gasteiger charge is -2.31. The van der Waals surface area contributed by atoms with E-state index in [1.165, 1.54) is 38.9 Å². The summed E-state index contributed by atoms with van der Waals surface area (Å²) < 4.78 is 6.40. The van der Waals surface area contributed by atoms with Crippen molar-refractivity contribution in [1.29, 1.82) is 0 Å². The Morgan fingerprint density at radius 3 is 2.04 bits per heavy atom. The number of fused-ring (bicyclic) bond motifs is 1. The van der Waals surface area contributed by atoms with Crippen molar-refractivity contribution < 1.29 is 9.53 Å². The number of rotatable bonds is 2. The minimum atomic E-state index is -0.190. The van der Waals surface area contributed by atoms with Crippen LogP contribution in [0.4, 0.5) is 0 Å². The van der Waals surface area contributed by atoms with Crippen LogP contribution in [-0.4, -0.2) is 5.78 Å². The largest absolute Gasteiger partial charge is 0.484 e. The van der Waals surface area contributed by atoms with E-state index in [4.69, 9.17) is 4.74 Å². The van der Waals surface area contributed by atoms with Crippen molar-refractivity contribution in [2.45, 2.75) is 67.4 Å². The van der Waals surface area contributed by atoms with Gasteiger partial charge < -0.3 is 4.74 Å². The van der Waals surface area contributed by atoms with Gasteiger partial charge in [-0.2, -0.15) is 0 Å². The van der Waals surface area contributed by atoms with Crippen LogP contribution in [0.1, 0.15) is 74.3 Å². The molecule has 0 spiro atoms. The van der Waals surface area contributed by atoms with Crippen LogP contribution >= 0.6 is 0 Å². The van der Waals surface area contributed by atoms with Gasteiger partial charge in [-0.25, -0.2) is 0 Å². The fourth-order valence-corrected chi connectivity index (χ4v) is 4.12. The summed E-state index contributed by atoms with van der Waals surface area (Å²) in [7, 11) is 0. The van der Waals surface area contributed by atoms with E-state index in [0.29, 0.717) is 6.42 Å². The molecule has 2 nitrogen and oxygen atoms in total. The molecule has 0 saturated carbocycles. The number of ether oxygens (including phenoxy) is 1. The van der Waals surface area contributed by atoms with E-state index in [0.717, 1.165) is 23.3 Å². The van der Waals surface area contributed by atoms with Crippen molar-refractivity contribution in [3.05, 3.63) is 62.2 Å². The Morgan fingerprint density at radius 1 is 0.920 bits per heavy atom. The van der Waals surface area contributed by atoms with Gasteiger partial charge in [0.25, 0.3) is 0 Å². The Kier molecular flexibility index (Phi) is 4.49. The number of hydrogen-bond donors (Lipinski definition) is 0. The predicted octanol–water partition coefficient (Wildman–Crippen LogP) is 5.81. The lowest BCUT2D eigenvalue weighted by atomic mass is 9.84. The second-order valence-electron chi connectivity index (χ2n) is 7.41. The lowest BCUT2D eigenvalue weighted by molar-refractivity contribution is 0.0847. The molecular formula is C23H28O2. The van der Waals surface area contributed by atoms with Gasteiger partial charge in [-0.1, -0.05) is 13.0 Å². The molecule has 2 aromatic carbocycles. The van der Waals surface area contributed by atoms with Crippen LogP contribution in [0.5, 0.6) is 5.75 Å². The maximum atomic E-state index is 12.9. The maximum absolute atomic E-state index is 12.9. The average molecular weight is 336 g/mol. The summed E-state index contributed by atoms with van der Waals surface area (Å²) in [6.07, 6.45) is 1.17. The third-order valence-electron chi connectivity index (χ3n) is 6.07. The van der Waals surface area contributed by atoms with Crippen LogP contribution in [0.2, 0.25) is 0 Å². The van der Waals surface area contributed by atoms with Crippen LogP contribution in [0.3, 0.4) is 0 Å². The number of aryl methyl sites for hydroxylation is 2. The molecule has 0 N–H and O–H groups in total. The van der Waals surface area contributed by atoms with E-state index < -0.39 is 0 Å². The van der Waals surface area contributed by atoms with Crippen LogP contribution in [0, 0.1) is 41.5 Å². The monoisotopic (exact) mass is 336 g/mol. The first kappa shape index (κ1) is 17.7. The molecule has 2 aromatic rings. The number of benzene rings is 2. The Morgan fingerprint density at radius 2 is 1.48 bits per heavy atom. The van der Waals surface area contributed by atoms with Gasteiger partial charge in [-0.05, 0) is 98.5 Å². The fourth-order valence-electron chi connectivity index (χ4n) is 4.12. The molecule has 1 aliphatic heterocycles. The highest BCUT2D eigenvalue weighted by molar-refractivity contribution is 6.01. The highest BCUT2D eigenvalue weighted by Crippen LogP contribution is 2.41. The molecule has 25 heavy (non-hydrogen) atoms. The molecular weight excluding hydrogens is 308 g/mol. The van der Waals surface area contributed by atoms with Gasteiger partial charge in [-0.3, -0.25) is 4.79 Å². The van der Waals surface area contributed by atoms with Gasteiger partial charge in [0.2, 0.25) is 0 Å². The zero-order chi connectivity index (χ0) is 18.5. The van der Waals surface area contributed by atoms with E-state index in [2.05, 4.69) is 47.6 Å². The van der Waals surface area contributed by atoms with Crippen molar-refractivity contribution in [3.63, 3.8) is 0 Å². The van der Waals surface area contributed by atoms with Gasteiger partial charge in [0, 0.05) is 0 Å². The zero-order valence-electron chi connectivity index (χ0n) is 16.5. The number of Topliss-reactive ketones (excluding diaryl/α,β-unsaturated/α-hetero) is 1. The molecule has 3 rings (SSSR count). The minimum absolute atomic E-state index is 0.190. The summed E-state index contributed by atoms with van der Waals surface area (Å²) in [6.45, 7) is 15.0. The molecule has 1 aliphatic rings. The van der Waals surface area contributed by atoms with Crippen LogP contribution in [0.15, 0.2) is 12.1 Å². The third-order valence-corrected chi connectivity index (χ3v) is 6.07. The highest BCUT2D eigenvalue weighted by Gasteiger charge is 2.32. The van der Waals surface area contributed by atoms with Gasteiger partial charge in [0.1, 0.15) is 11.9 Å². The lowest BCUT2D eigenvalue weighted by Crippen LogP contribution is -2.23. The molecule has 0 fully saturated rings. The standard InChI is InChI=1S/C23H28O2/c1-8-18-9-12(2)22-19(24)11-21(25-20(22)10-18)23-16(6)14(4)13(3)15(5)17(23)7/h9-10,21H,8,11H2,1-7H3. The summed E-state index contributed by atoms with van der Waals surface area (Å²) in [5, 5.41) is 0. The summed E-state index contributed by atoms with van der Waals surface area (Å²) in [5.74, 6) is 0.953. The zero-order valence-corrected chi connectivity index (χ0v) is 16.5. The Hall–Kier alpha value is -2.09. The minimum Gasteiger partial charge on any atom is -0.484 e. The molecule has 1 unspecified atom stereocenters. The molecule has 0 radical (unpaired) electrons. The van der Waals surface area contributed by atoms with Crippen molar-refractivity contribution in [3.8, 4) is 5.75 Å². The molecule has 1 heterocycles. The fraction of sp³-hybridized carbons (Fsp3) is 0.435. The second kappa shape index (κ2) is 6.33. The summed E-state index contributed by atoms with van der Waals surface area (Å²) in [6, 6.07) is 4.15. The third kappa shape index (κ3) is 2.78. The Balaban J connectivity index is 2.14. The SMILES string of the molecule is CCc1cc(C)c2c(c1)OC(c1c(C)c(C)c(C)c(C)c1C)CC2=O. The smallest absolute Gasteiger partial charge is 0.170 e. The van der Waals surface area contributed by atoms with E-state index >= 15 is 0 Å². The molecule has 0 amide bonds. The van der Waals surface area contributed by atoms with E-state index in [9.17, 15) is 4.79 Å². The first-order chi connectivity index (χ1) is 11.8. The topological polar surface area (TPSA) is 26.3 Å². The molecule has 0 aromatic heterocycles. The molecule has 0 bridgehead atoms. The van der Waals surface area contributed by atoms with E-state index in [-0.39, 0.29) is 11.9 Å². The van der Waals surface area contributed by atoms with Gasteiger partial charge in [0.05, 0.1) is 12.0 Å². The Labute approximate surface area is 151 Å². The van der Waals surface area contributed by atoms with Crippen molar-refractivity contribution in [2.75, 3.05) is 0 Å². The molecule has 132 valence electrons. The van der Waals surface area contributed by atoms with Crippen LogP contribution < -0.4 is 4.74 Å². The first-order valence-electron chi connectivity index (χ1n) is 9.16. The van der Waals surface area contributed by atoms with Crippen molar-refractivity contribution in [1.82, 2.24) is 0 Å². The van der Waals surface area contributed by atoms with Gasteiger partial charge in [-0.15, -0.1) is 0 Å². The quantitative estimate of drug-likeness (QED) is 0.692. The summed E-state index contributed by atoms with van der Waals surface area (Å²) in [5.41, 5.74) is 10.7. The normalized spacial score (nSPS) is 16.6. The van der Waals surface area contributed by atoms with Gasteiger partial charge >= 0.3 is 0 Å². The highest BCUT2D eigenvalue weighted by atomic mass is 16.5. The number of hydrogen-bond acceptors (Lipinski definition) is 2. The van der Waals surface area contributed by atoms with Crippen molar-refractivity contribution in [2.24, 2.45) is 0 Å². The molecule has 0 saturated heterocycles. The number of carbonyl (C=O) groups excluding carboxylic acids is 1. The van der Waals surface area contributed by atoms with Crippen LogP contribution in [-0.2, 0) is 6.42 Å². The first-order valence-corrected chi connectivity index (χ1v) is 9.16. The predicted molar refractivity (Wildman–Crippen MR) is 103 cm³/mol. The number of carbonyl (C=O) groups is 1. The summed E-state index contributed by atoms with van der Waals surface area (Å²) in [4.78, 5) is 12.9. The molecule has 1 atom stereocenters. The van der Waals surface area contributed by atoms with E-state index in [1.54, 1.807) is 0 Å². The van der Waals surface area contributed by atoms with Crippen LogP contribution in [0.25, 0.3) is 0 Å². The maximum Gasteiger partial charge on any atom is 0.170 e. The number of ketones is 1. The molecule has 2 heteroatoms. The average Bonchev–Trinajstić information content (AvgIpc) is 2.57. The Bertz CT molecular complexity index is 845. The van der Waals surface area contributed by atoms with E-state index in [1.807, 2.05) is 13.0 Å².